The van der Waals surface area contributed by atoms with Crippen LogP contribution < -0.4 is 11.3 Å². The predicted octanol–water partition coefficient (Wildman–Crippen LogP) is 2.57. The van der Waals surface area contributed by atoms with E-state index in [0.717, 1.165) is 25.5 Å². The van der Waals surface area contributed by atoms with Gasteiger partial charge < -0.3 is 4.74 Å². The Bertz CT molecular complexity index is 436. The van der Waals surface area contributed by atoms with Gasteiger partial charge in [0.25, 0.3) is 0 Å². The minimum atomic E-state index is -1.46. The summed E-state index contributed by atoms with van der Waals surface area (Å²) in [6.07, 6.45) is 3.34. The van der Waals surface area contributed by atoms with Crippen molar-refractivity contribution in [2.45, 2.75) is 37.8 Å². The van der Waals surface area contributed by atoms with E-state index >= 15 is 0 Å². The molecule has 0 amide bonds. The van der Waals surface area contributed by atoms with Crippen LogP contribution in [0.2, 0.25) is 0 Å². The zero-order valence-corrected chi connectivity index (χ0v) is 10.5. The van der Waals surface area contributed by atoms with E-state index in [1.54, 1.807) is 0 Å². The lowest BCUT2D eigenvalue weighted by atomic mass is 9.99. The largest absolute Gasteiger partial charge is 0.378 e. The first-order valence-electron chi connectivity index (χ1n) is 6.34. The van der Waals surface area contributed by atoms with Gasteiger partial charge in [0, 0.05) is 18.2 Å². The third-order valence-corrected chi connectivity index (χ3v) is 3.44. The van der Waals surface area contributed by atoms with Crippen LogP contribution in [0.5, 0.6) is 0 Å². The van der Waals surface area contributed by atoms with Crippen LogP contribution in [-0.4, -0.2) is 12.7 Å². The summed E-state index contributed by atoms with van der Waals surface area (Å²) in [5.41, 5.74) is 2.49. The van der Waals surface area contributed by atoms with E-state index in [0.29, 0.717) is 12.8 Å². The Morgan fingerprint density at radius 1 is 1.32 bits per heavy atom. The Morgan fingerprint density at radius 3 is 2.74 bits per heavy atom. The SMILES string of the molecule is NNC(CCC1CCCO1)c1ccc(F)c(F)c1F. The average molecular weight is 274 g/mol. The van der Waals surface area contributed by atoms with Crippen molar-refractivity contribution in [3.8, 4) is 0 Å². The normalized spacial score (nSPS) is 20.7. The molecule has 1 aliphatic rings. The van der Waals surface area contributed by atoms with Gasteiger partial charge in [-0.2, -0.15) is 0 Å². The predicted molar refractivity (Wildman–Crippen MR) is 64.6 cm³/mol. The maximum Gasteiger partial charge on any atom is 0.194 e. The summed E-state index contributed by atoms with van der Waals surface area (Å²) in [5, 5.41) is 0. The quantitative estimate of drug-likeness (QED) is 0.493. The van der Waals surface area contributed by atoms with E-state index in [4.69, 9.17) is 10.6 Å². The molecule has 1 aliphatic heterocycles. The maximum absolute atomic E-state index is 13.7. The van der Waals surface area contributed by atoms with Crippen LogP contribution in [0.4, 0.5) is 13.2 Å². The highest BCUT2D eigenvalue weighted by atomic mass is 19.2. The molecule has 106 valence electrons. The fourth-order valence-corrected chi connectivity index (χ4v) is 2.36. The molecule has 2 atom stereocenters. The van der Waals surface area contributed by atoms with Gasteiger partial charge in [-0.05, 0) is 31.7 Å². The van der Waals surface area contributed by atoms with E-state index in [-0.39, 0.29) is 11.7 Å². The molecule has 1 saturated heterocycles. The molecule has 2 unspecified atom stereocenters. The molecule has 19 heavy (non-hydrogen) atoms. The molecular formula is C13H17F3N2O. The van der Waals surface area contributed by atoms with Crippen molar-refractivity contribution in [1.29, 1.82) is 0 Å². The van der Waals surface area contributed by atoms with E-state index in [1.807, 2.05) is 0 Å². The number of benzene rings is 1. The first-order valence-corrected chi connectivity index (χ1v) is 6.34. The number of hydrogen-bond acceptors (Lipinski definition) is 3. The van der Waals surface area contributed by atoms with Crippen molar-refractivity contribution in [3.63, 3.8) is 0 Å². The van der Waals surface area contributed by atoms with Gasteiger partial charge in [0.05, 0.1) is 6.10 Å². The van der Waals surface area contributed by atoms with Crippen molar-refractivity contribution < 1.29 is 17.9 Å². The molecule has 6 heteroatoms. The number of rotatable bonds is 5. The molecule has 0 aromatic heterocycles. The summed E-state index contributed by atoms with van der Waals surface area (Å²) in [5.74, 6) is 1.53. The van der Waals surface area contributed by atoms with Crippen molar-refractivity contribution >= 4 is 0 Å². The zero-order valence-electron chi connectivity index (χ0n) is 10.5. The lowest BCUT2D eigenvalue weighted by Crippen LogP contribution is -2.29. The van der Waals surface area contributed by atoms with Gasteiger partial charge in [-0.15, -0.1) is 0 Å². The number of nitrogens with two attached hydrogens (primary N) is 1. The first-order chi connectivity index (χ1) is 9.13. The number of hydrogen-bond donors (Lipinski definition) is 2. The zero-order chi connectivity index (χ0) is 13.8. The molecule has 1 fully saturated rings. The number of nitrogens with one attached hydrogen (secondary N) is 1. The van der Waals surface area contributed by atoms with Crippen LogP contribution in [0.25, 0.3) is 0 Å². The van der Waals surface area contributed by atoms with Crippen LogP contribution in [-0.2, 0) is 4.74 Å². The van der Waals surface area contributed by atoms with Crippen molar-refractivity contribution in [1.82, 2.24) is 5.43 Å². The second kappa shape index (κ2) is 6.36. The van der Waals surface area contributed by atoms with Gasteiger partial charge >= 0.3 is 0 Å². The van der Waals surface area contributed by atoms with Crippen molar-refractivity contribution in [2.24, 2.45) is 5.84 Å². The van der Waals surface area contributed by atoms with Gasteiger partial charge in [-0.3, -0.25) is 11.3 Å². The third kappa shape index (κ3) is 3.26. The Morgan fingerprint density at radius 2 is 2.11 bits per heavy atom. The molecule has 0 aliphatic carbocycles. The van der Waals surface area contributed by atoms with Crippen LogP contribution >= 0.6 is 0 Å². The van der Waals surface area contributed by atoms with Gasteiger partial charge in [-0.1, -0.05) is 6.07 Å². The molecular weight excluding hydrogens is 257 g/mol. The van der Waals surface area contributed by atoms with E-state index in [9.17, 15) is 13.2 Å². The maximum atomic E-state index is 13.7. The topological polar surface area (TPSA) is 47.3 Å². The fraction of sp³-hybridized carbons (Fsp3) is 0.538. The lowest BCUT2D eigenvalue weighted by Gasteiger charge is -2.19. The molecule has 1 aromatic rings. The first kappa shape index (κ1) is 14.3. The summed E-state index contributed by atoms with van der Waals surface area (Å²) in [6, 6.07) is 1.57. The van der Waals surface area contributed by atoms with Crippen LogP contribution in [0.3, 0.4) is 0 Å². The molecule has 0 spiro atoms. The van der Waals surface area contributed by atoms with E-state index in [2.05, 4.69) is 5.43 Å². The Kier molecular flexibility index (Phi) is 4.79. The lowest BCUT2D eigenvalue weighted by molar-refractivity contribution is 0.0994. The summed E-state index contributed by atoms with van der Waals surface area (Å²) >= 11 is 0. The van der Waals surface area contributed by atoms with Crippen LogP contribution in [0.1, 0.15) is 37.3 Å². The molecule has 0 radical (unpaired) electrons. The highest BCUT2D eigenvalue weighted by Gasteiger charge is 2.22. The Labute approximate surface area is 109 Å². The summed E-state index contributed by atoms with van der Waals surface area (Å²) in [4.78, 5) is 0. The van der Waals surface area contributed by atoms with Crippen molar-refractivity contribution in [2.75, 3.05) is 6.61 Å². The number of ether oxygens (including phenoxy) is 1. The highest BCUT2D eigenvalue weighted by Crippen LogP contribution is 2.27. The van der Waals surface area contributed by atoms with Gasteiger partial charge in [-0.25, -0.2) is 13.2 Å². The van der Waals surface area contributed by atoms with Crippen LogP contribution in [0.15, 0.2) is 12.1 Å². The number of halogens is 3. The second-order valence-electron chi connectivity index (χ2n) is 4.70. The molecule has 1 aromatic carbocycles. The third-order valence-electron chi connectivity index (χ3n) is 3.44. The molecule has 3 nitrogen and oxygen atoms in total. The second-order valence-corrected chi connectivity index (χ2v) is 4.70. The van der Waals surface area contributed by atoms with Crippen LogP contribution in [0, 0.1) is 17.5 Å². The summed E-state index contributed by atoms with van der Waals surface area (Å²) in [7, 11) is 0. The van der Waals surface area contributed by atoms with Gasteiger partial charge in [0.2, 0.25) is 0 Å². The molecule has 1 heterocycles. The van der Waals surface area contributed by atoms with E-state index in [1.165, 1.54) is 6.07 Å². The number of hydrazine groups is 1. The molecule has 0 bridgehead atoms. The minimum absolute atomic E-state index is 0.0411. The summed E-state index contributed by atoms with van der Waals surface area (Å²) in [6.45, 7) is 0.741. The smallest absolute Gasteiger partial charge is 0.194 e. The fourth-order valence-electron chi connectivity index (χ4n) is 2.36. The molecule has 3 N–H and O–H groups in total. The van der Waals surface area contributed by atoms with Crippen molar-refractivity contribution in [3.05, 3.63) is 35.1 Å². The highest BCUT2D eigenvalue weighted by molar-refractivity contribution is 5.23. The van der Waals surface area contributed by atoms with Gasteiger partial charge in [0.1, 0.15) is 0 Å². The molecule has 2 rings (SSSR count). The Balaban J connectivity index is 2.06. The standard InChI is InChI=1S/C13H17F3N2O/c14-10-5-4-9(12(15)13(10)16)11(18-17)6-3-8-2-1-7-19-8/h4-5,8,11,18H,1-3,6-7,17H2. The monoisotopic (exact) mass is 274 g/mol. The average Bonchev–Trinajstić information content (AvgIpc) is 2.92. The summed E-state index contributed by atoms with van der Waals surface area (Å²) < 4.78 is 45.2. The van der Waals surface area contributed by atoms with Gasteiger partial charge in [0.15, 0.2) is 17.5 Å². The molecule has 0 saturated carbocycles. The Hall–Kier alpha value is -1.11. The van der Waals surface area contributed by atoms with E-state index < -0.39 is 23.5 Å². The minimum Gasteiger partial charge on any atom is -0.378 e.